The number of ether oxygens (including phenoxy) is 1. The maximum Gasteiger partial charge on any atom is 0.121 e. The molecule has 26 heavy (non-hydrogen) atoms. The number of hydrogen-bond donors (Lipinski definition) is 0. The fourth-order valence-corrected chi connectivity index (χ4v) is 3.51. The predicted molar refractivity (Wildman–Crippen MR) is 108 cm³/mol. The maximum atomic E-state index is 6.28. The lowest BCUT2D eigenvalue weighted by atomic mass is 10.1. The number of hydrogen-bond acceptors (Lipinski definition) is 2. The summed E-state index contributed by atoms with van der Waals surface area (Å²) in [6, 6.07) is 18.3. The summed E-state index contributed by atoms with van der Waals surface area (Å²) in [6.45, 7) is 7.25. The van der Waals surface area contributed by atoms with Crippen molar-refractivity contribution in [3.8, 4) is 0 Å². The van der Waals surface area contributed by atoms with Gasteiger partial charge in [-0.05, 0) is 37.3 Å². The molecule has 0 atom stereocenters. The van der Waals surface area contributed by atoms with E-state index in [2.05, 4.69) is 41.6 Å². The van der Waals surface area contributed by atoms with Gasteiger partial charge in [0.05, 0.1) is 29.9 Å². The van der Waals surface area contributed by atoms with Gasteiger partial charge < -0.3 is 9.30 Å². The van der Waals surface area contributed by atoms with Crippen molar-refractivity contribution in [1.82, 2.24) is 9.55 Å². The molecular weight excluding hydrogens is 344 g/mol. The van der Waals surface area contributed by atoms with Gasteiger partial charge >= 0.3 is 0 Å². The second-order valence-corrected chi connectivity index (χ2v) is 6.62. The van der Waals surface area contributed by atoms with Crippen molar-refractivity contribution >= 4 is 39.2 Å². The molecule has 0 spiro atoms. The summed E-state index contributed by atoms with van der Waals surface area (Å²) in [5.74, 6) is 0.631. The molecule has 0 fully saturated rings. The van der Waals surface area contributed by atoms with Crippen LogP contribution in [0.3, 0.4) is 0 Å². The molecule has 3 nitrogen and oxygen atoms in total. The lowest BCUT2D eigenvalue weighted by Crippen LogP contribution is -2.03. The van der Waals surface area contributed by atoms with Crippen molar-refractivity contribution in [1.29, 1.82) is 0 Å². The van der Waals surface area contributed by atoms with E-state index in [1.54, 1.807) is 0 Å². The zero-order chi connectivity index (χ0) is 18.1. The van der Waals surface area contributed by atoms with E-state index in [1.807, 2.05) is 37.3 Å². The first kappa shape index (κ1) is 16.7. The molecule has 2 aromatic carbocycles. The Kier molecular flexibility index (Phi) is 4.39. The number of nitrogens with zero attached hydrogens (tertiary/aromatic N) is 2. The lowest BCUT2D eigenvalue weighted by Gasteiger charge is -2.13. The van der Waals surface area contributed by atoms with E-state index in [0.29, 0.717) is 23.9 Å². The molecule has 130 valence electrons. The molecule has 0 unspecified atom stereocenters. The van der Waals surface area contributed by atoms with Gasteiger partial charge in [0.1, 0.15) is 5.76 Å². The summed E-state index contributed by atoms with van der Waals surface area (Å²) in [5.41, 5.74) is 3.98. The van der Waals surface area contributed by atoms with E-state index in [1.165, 1.54) is 0 Å². The van der Waals surface area contributed by atoms with Crippen LogP contribution in [0.4, 0.5) is 0 Å². The molecule has 4 heteroatoms. The number of benzene rings is 2. The third-order valence-corrected chi connectivity index (χ3v) is 4.65. The number of fused-ring (bicyclic) bond motifs is 2. The number of aromatic nitrogens is 2. The Bertz CT molecular complexity index is 1110. The maximum absolute atomic E-state index is 6.28. The fraction of sp³-hybridized carbons (Fsp3) is 0.136. The third kappa shape index (κ3) is 3.06. The van der Waals surface area contributed by atoms with E-state index in [9.17, 15) is 0 Å². The standard InChI is InChI=1S/C22H19ClN2O/c1-3-26-15(2)20-13-18(23)12-17-10-11-25(22(17)20)14-19-9-8-16-6-4-5-7-21(16)24-19/h4-13H,2-3,14H2,1H3. The van der Waals surface area contributed by atoms with Crippen LogP contribution in [0, 0.1) is 0 Å². The molecule has 2 heterocycles. The SMILES string of the molecule is C=C(OCC)c1cc(Cl)cc2ccn(Cc3ccc4ccccc4n3)c12. The first-order chi connectivity index (χ1) is 12.7. The molecule has 0 bridgehead atoms. The number of para-hydroxylation sites is 1. The van der Waals surface area contributed by atoms with Crippen molar-refractivity contribution in [2.45, 2.75) is 13.5 Å². The van der Waals surface area contributed by atoms with E-state index in [-0.39, 0.29) is 0 Å². The average molecular weight is 363 g/mol. The Balaban J connectivity index is 1.79. The van der Waals surface area contributed by atoms with Crippen LogP contribution in [-0.4, -0.2) is 16.2 Å². The topological polar surface area (TPSA) is 27.1 Å². The molecule has 4 rings (SSSR count). The summed E-state index contributed by atoms with van der Waals surface area (Å²) < 4.78 is 7.81. The monoisotopic (exact) mass is 362 g/mol. The van der Waals surface area contributed by atoms with Gasteiger partial charge in [-0.25, -0.2) is 0 Å². The van der Waals surface area contributed by atoms with Gasteiger partial charge in [0.25, 0.3) is 0 Å². The highest BCUT2D eigenvalue weighted by Crippen LogP contribution is 2.30. The van der Waals surface area contributed by atoms with Gasteiger partial charge in [0.15, 0.2) is 0 Å². The molecule has 0 N–H and O–H groups in total. The van der Waals surface area contributed by atoms with Crippen LogP contribution in [0.25, 0.3) is 27.6 Å². The van der Waals surface area contributed by atoms with E-state index >= 15 is 0 Å². The minimum atomic E-state index is 0.569. The highest BCUT2D eigenvalue weighted by atomic mass is 35.5. The Hall–Kier alpha value is -2.78. The second-order valence-electron chi connectivity index (χ2n) is 6.19. The molecule has 2 aromatic heterocycles. The van der Waals surface area contributed by atoms with Crippen LogP contribution in [-0.2, 0) is 11.3 Å². The van der Waals surface area contributed by atoms with Crippen LogP contribution in [0.15, 0.2) is 67.4 Å². The summed E-state index contributed by atoms with van der Waals surface area (Å²) in [5, 5.41) is 2.88. The summed E-state index contributed by atoms with van der Waals surface area (Å²) in [6.07, 6.45) is 2.06. The Morgan fingerprint density at radius 1 is 1.12 bits per heavy atom. The first-order valence-corrected chi connectivity index (χ1v) is 8.98. The fourth-order valence-electron chi connectivity index (χ4n) is 3.28. The van der Waals surface area contributed by atoms with Crippen LogP contribution >= 0.6 is 11.6 Å². The quantitative estimate of drug-likeness (QED) is 0.413. The average Bonchev–Trinajstić information content (AvgIpc) is 3.03. The van der Waals surface area contributed by atoms with Gasteiger partial charge in [-0.1, -0.05) is 42.4 Å². The van der Waals surface area contributed by atoms with Crippen LogP contribution in [0.1, 0.15) is 18.2 Å². The minimum Gasteiger partial charge on any atom is -0.494 e. The third-order valence-electron chi connectivity index (χ3n) is 4.43. The molecule has 0 radical (unpaired) electrons. The van der Waals surface area contributed by atoms with E-state index in [0.717, 1.165) is 33.1 Å². The van der Waals surface area contributed by atoms with Crippen molar-refractivity contribution in [3.63, 3.8) is 0 Å². The van der Waals surface area contributed by atoms with Crippen LogP contribution in [0.2, 0.25) is 5.02 Å². The molecule has 0 aliphatic carbocycles. The lowest BCUT2D eigenvalue weighted by molar-refractivity contribution is 0.299. The molecule has 0 saturated heterocycles. The van der Waals surface area contributed by atoms with Crippen molar-refractivity contribution < 1.29 is 4.74 Å². The van der Waals surface area contributed by atoms with Crippen molar-refractivity contribution in [2.75, 3.05) is 6.61 Å². The summed E-state index contributed by atoms with van der Waals surface area (Å²) >= 11 is 6.28. The zero-order valence-electron chi connectivity index (χ0n) is 14.6. The van der Waals surface area contributed by atoms with Crippen LogP contribution < -0.4 is 0 Å². The summed E-state index contributed by atoms with van der Waals surface area (Å²) in [7, 11) is 0. The van der Waals surface area contributed by atoms with Gasteiger partial charge in [0, 0.05) is 27.6 Å². The smallest absolute Gasteiger partial charge is 0.121 e. The van der Waals surface area contributed by atoms with Gasteiger partial charge in [-0.3, -0.25) is 4.98 Å². The molecule has 4 aromatic rings. The van der Waals surface area contributed by atoms with E-state index < -0.39 is 0 Å². The van der Waals surface area contributed by atoms with Gasteiger partial charge in [0.2, 0.25) is 0 Å². The summed E-state index contributed by atoms with van der Waals surface area (Å²) in [4.78, 5) is 4.78. The minimum absolute atomic E-state index is 0.569. The van der Waals surface area contributed by atoms with Gasteiger partial charge in [-0.2, -0.15) is 0 Å². The Morgan fingerprint density at radius 2 is 1.96 bits per heavy atom. The Labute approximate surface area is 157 Å². The largest absolute Gasteiger partial charge is 0.494 e. The van der Waals surface area contributed by atoms with Gasteiger partial charge in [-0.15, -0.1) is 0 Å². The van der Waals surface area contributed by atoms with Crippen molar-refractivity contribution in [2.24, 2.45) is 0 Å². The van der Waals surface area contributed by atoms with Crippen LogP contribution in [0.5, 0.6) is 0 Å². The molecule has 0 aliphatic heterocycles. The van der Waals surface area contributed by atoms with Crippen molar-refractivity contribution in [3.05, 3.63) is 83.7 Å². The van der Waals surface area contributed by atoms with E-state index in [4.69, 9.17) is 21.3 Å². The highest BCUT2D eigenvalue weighted by molar-refractivity contribution is 6.31. The number of pyridine rings is 1. The number of rotatable bonds is 5. The molecule has 0 aliphatic rings. The molecule has 0 saturated carbocycles. The molecular formula is C22H19ClN2O. The number of halogens is 1. The molecule has 0 amide bonds. The predicted octanol–water partition coefficient (Wildman–Crippen LogP) is 5.90. The Morgan fingerprint density at radius 3 is 2.81 bits per heavy atom. The second kappa shape index (κ2) is 6.85. The zero-order valence-corrected chi connectivity index (χ0v) is 15.3. The first-order valence-electron chi connectivity index (χ1n) is 8.61. The normalized spacial score (nSPS) is 11.2. The highest BCUT2D eigenvalue weighted by Gasteiger charge is 2.13.